The number of carbonyl (C=O) groups excluding carboxylic acids is 1. The molecule has 4 bridgehead atoms. The number of carbonyl (C=O) groups is 1. The van der Waals surface area contributed by atoms with Crippen molar-refractivity contribution in [3.8, 4) is 16.9 Å². The second-order valence-electron chi connectivity index (χ2n) is 14.4. The third-order valence-electron chi connectivity index (χ3n) is 10.9. The van der Waals surface area contributed by atoms with Crippen molar-refractivity contribution in [2.24, 2.45) is 23.2 Å². The molecular weight excluding hydrogens is 613 g/mol. The average molecular weight is 653 g/mol. The van der Waals surface area contributed by atoms with Crippen molar-refractivity contribution in [1.82, 2.24) is 24.8 Å². The fourth-order valence-corrected chi connectivity index (χ4v) is 11.0. The maximum Gasteiger partial charge on any atom is 0.285 e. The van der Waals surface area contributed by atoms with E-state index in [-0.39, 0.29) is 22.6 Å². The molecule has 0 atom stereocenters. The van der Waals surface area contributed by atoms with Crippen molar-refractivity contribution in [2.75, 3.05) is 36.8 Å². The molecule has 3 heterocycles. The lowest BCUT2D eigenvalue weighted by Crippen LogP contribution is -2.51. The number of sulfonamides is 1. The molecular formula is C36H40N6O4S. The summed E-state index contributed by atoms with van der Waals surface area (Å²) in [4.78, 5) is 21.6. The molecule has 0 radical (unpaired) electrons. The van der Waals surface area contributed by atoms with Crippen molar-refractivity contribution in [3.63, 3.8) is 0 Å². The topological polar surface area (TPSA) is 129 Å². The number of anilines is 1. The fraction of sp³-hybridized carbons (Fsp3) is 0.444. The van der Waals surface area contributed by atoms with Gasteiger partial charge in [-0.15, -0.1) is 10.2 Å². The minimum absolute atomic E-state index is 0.0123. The highest BCUT2D eigenvalue weighted by molar-refractivity contribution is 7.90. The molecule has 11 heteroatoms. The number of piperazine rings is 1. The second kappa shape index (κ2) is 11.9. The van der Waals surface area contributed by atoms with Crippen LogP contribution in [-0.2, 0) is 16.6 Å². The SMILES string of the molecule is O=C(NS(=O)(=O)CC12CC3CC(CC(C3)C1)C2)c1ccc(N2CCN(Cc3ccc(-c4cncc(O)c4)c4ccccc34)CC2)nn1. The van der Waals surface area contributed by atoms with Gasteiger partial charge >= 0.3 is 0 Å². The van der Waals surface area contributed by atoms with E-state index in [1.165, 1.54) is 36.4 Å². The number of hydrogen-bond donors (Lipinski definition) is 2. The number of pyridine rings is 1. The monoisotopic (exact) mass is 652 g/mol. The molecule has 5 fully saturated rings. The van der Waals surface area contributed by atoms with Gasteiger partial charge in [-0.25, -0.2) is 13.1 Å². The second-order valence-corrected chi connectivity index (χ2v) is 16.1. The van der Waals surface area contributed by atoms with Crippen molar-refractivity contribution in [1.29, 1.82) is 0 Å². The molecule has 47 heavy (non-hydrogen) atoms. The molecule has 9 rings (SSSR count). The van der Waals surface area contributed by atoms with E-state index in [0.29, 0.717) is 23.6 Å². The van der Waals surface area contributed by atoms with E-state index >= 15 is 0 Å². The van der Waals surface area contributed by atoms with Crippen LogP contribution in [0.1, 0.15) is 54.6 Å². The van der Waals surface area contributed by atoms with Crippen LogP contribution in [0.5, 0.6) is 5.75 Å². The van der Waals surface area contributed by atoms with E-state index in [9.17, 15) is 18.3 Å². The van der Waals surface area contributed by atoms with Crippen LogP contribution in [-0.4, -0.2) is 71.4 Å². The Labute approximate surface area is 275 Å². The van der Waals surface area contributed by atoms with Crippen LogP contribution in [0.15, 0.2) is 67.0 Å². The first kappa shape index (κ1) is 30.3. The molecule has 5 aliphatic rings. The predicted molar refractivity (Wildman–Crippen MR) is 180 cm³/mol. The van der Waals surface area contributed by atoms with Gasteiger partial charge in [0.2, 0.25) is 10.0 Å². The standard InChI is InChI=1S/C36H40N6O4S/c43-29-16-28(20-37-21-29)31-6-5-27(30-3-1-2-4-32(30)31)22-41-9-11-42(12-10-41)34-8-7-33(38-39-34)35(44)40-47(45,46)23-36-17-24-13-25(18-36)15-26(14-24)19-36/h1-8,16,20-21,24-26,43H,9-15,17-19,22-23H2,(H,40,44). The third kappa shape index (κ3) is 6.18. The van der Waals surface area contributed by atoms with Crippen molar-refractivity contribution in [2.45, 2.75) is 45.1 Å². The van der Waals surface area contributed by atoms with Crippen molar-refractivity contribution >= 4 is 32.5 Å². The van der Waals surface area contributed by atoms with Crippen LogP contribution in [0, 0.1) is 23.2 Å². The number of hydrogen-bond acceptors (Lipinski definition) is 9. The molecule has 1 aliphatic heterocycles. The summed E-state index contributed by atoms with van der Waals surface area (Å²) in [6, 6.07) is 17.7. The number of benzene rings is 2. The predicted octanol–water partition coefficient (Wildman–Crippen LogP) is 5.00. The molecule has 4 aromatic rings. The molecule has 4 saturated carbocycles. The van der Waals surface area contributed by atoms with Crippen LogP contribution in [0.25, 0.3) is 21.9 Å². The highest BCUT2D eigenvalue weighted by Gasteiger charge is 2.52. The molecule has 1 amide bonds. The Hall–Kier alpha value is -4.09. The Balaban J connectivity index is 0.879. The zero-order chi connectivity index (χ0) is 32.2. The Bertz CT molecular complexity index is 1890. The first-order valence-electron chi connectivity index (χ1n) is 16.7. The average Bonchev–Trinajstić information content (AvgIpc) is 3.04. The molecule has 2 aromatic carbocycles. The summed E-state index contributed by atoms with van der Waals surface area (Å²) >= 11 is 0. The number of nitrogens with zero attached hydrogens (tertiary/aromatic N) is 5. The first-order chi connectivity index (χ1) is 22.7. The van der Waals surface area contributed by atoms with E-state index < -0.39 is 15.9 Å². The van der Waals surface area contributed by atoms with Gasteiger partial charge in [0, 0.05) is 44.5 Å². The lowest BCUT2D eigenvalue weighted by Gasteiger charge is -2.56. The summed E-state index contributed by atoms with van der Waals surface area (Å²) < 4.78 is 28.6. The number of aromatic nitrogens is 3. The summed E-state index contributed by atoms with van der Waals surface area (Å²) in [7, 11) is -3.78. The number of rotatable bonds is 8. The van der Waals surface area contributed by atoms with Crippen molar-refractivity contribution < 1.29 is 18.3 Å². The van der Waals surface area contributed by atoms with Crippen LogP contribution < -0.4 is 9.62 Å². The maximum absolute atomic E-state index is 13.1. The maximum atomic E-state index is 13.1. The number of aromatic hydroxyl groups is 1. The van der Waals surface area contributed by atoms with Crippen molar-refractivity contribution in [3.05, 3.63) is 78.2 Å². The molecule has 4 aliphatic carbocycles. The summed E-state index contributed by atoms with van der Waals surface area (Å²) in [6.07, 6.45) is 9.85. The van der Waals surface area contributed by atoms with Gasteiger partial charge in [-0.1, -0.05) is 36.4 Å². The van der Waals surface area contributed by atoms with E-state index in [2.05, 4.69) is 60.0 Å². The van der Waals surface area contributed by atoms with E-state index in [1.54, 1.807) is 24.4 Å². The first-order valence-corrected chi connectivity index (χ1v) is 18.4. The molecule has 0 spiro atoms. The van der Waals surface area contributed by atoms with Gasteiger partial charge in [-0.2, -0.15) is 0 Å². The third-order valence-corrected chi connectivity index (χ3v) is 12.4. The number of fused-ring (bicyclic) bond motifs is 1. The molecule has 0 unspecified atom stereocenters. The van der Waals surface area contributed by atoms with Gasteiger partial charge in [-0.05, 0) is 102 Å². The lowest BCUT2D eigenvalue weighted by atomic mass is 9.50. The van der Waals surface area contributed by atoms with Gasteiger partial charge in [0.05, 0.1) is 11.9 Å². The van der Waals surface area contributed by atoms with Gasteiger partial charge in [0.25, 0.3) is 5.91 Å². The highest BCUT2D eigenvalue weighted by Crippen LogP contribution is 2.60. The highest BCUT2D eigenvalue weighted by atomic mass is 32.2. The summed E-state index contributed by atoms with van der Waals surface area (Å²) in [5.74, 6) is 2.08. The van der Waals surface area contributed by atoms with E-state index in [0.717, 1.165) is 68.5 Å². The van der Waals surface area contributed by atoms with Gasteiger partial charge < -0.3 is 10.0 Å². The van der Waals surface area contributed by atoms with E-state index in [1.807, 2.05) is 6.07 Å². The van der Waals surface area contributed by atoms with Crippen LogP contribution in [0.3, 0.4) is 0 Å². The Morgan fingerprint density at radius 3 is 2.23 bits per heavy atom. The number of amides is 1. The molecule has 2 aromatic heterocycles. The summed E-state index contributed by atoms with van der Waals surface area (Å²) in [5.41, 5.74) is 2.98. The van der Waals surface area contributed by atoms with Gasteiger partial charge in [0.15, 0.2) is 11.5 Å². The lowest BCUT2D eigenvalue weighted by molar-refractivity contribution is -0.0391. The van der Waals surface area contributed by atoms with E-state index in [4.69, 9.17) is 0 Å². The smallest absolute Gasteiger partial charge is 0.285 e. The van der Waals surface area contributed by atoms with Crippen LogP contribution >= 0.6 is 0 Å². The minimum atomic E-state index is -3.78. The summed E-state index contributed by atoms with van der Waals surface area (Å²) in [6.45, 7) is 3.98. The Kier molecular flexibility index (Phi) is 7.63. The fourth-order valence-electron chi connectivity index (χ4n) is 9.42. The number of nitrogens with one attached hydrogen (secondary N) is 1. The van der Waals surface area contributed by atoms with Gasteiger partial charge in [0.1, 0.15) is 5.75 Å². The zero-order valence-corrected chi connectivity index (χ0v) is 27.2. The molecule has 10 nitrogen and oxygen atoms in total. The Morgan fingerprint density at radius 1 is 0.872 bits per heavy atom. The minimum Gasteiger partial charge on any atom is -0.506 e. The molecule has 1 saturated heterocycles. The normalized spacial score (nSPS) is 25.7. The molecule has 244 valence electrons. The Morgan fingerprint density at radius 2 is 1.57 bits per heavy atom. The van der Waals surface area contributed by atoms with Crippen LogP contribution in [0.2, 0.25) is 0 Å². The quantitative estimate of drug-likeness (QED) is 0.270. The van der Waals surface area contributed by atoms with Gasteiger partial charge in [-0.3, -0.25) is 14.7 Å². The zero-order valence-electron chi connectivity index (χ0n) is 26.4. The van der Waals surface area contributed by atoms with Crippen LogP contribution in [0.4, 0.5) is 5.82 Å². The molecule has 2 N–H and O–H groups in total. The summed E-state index contributed by atoms with van der Waals surface area (Å²) in [5, 5.41) is 20.7. The largest absolute Gasteiger partial charge is 0.506 e.